The van der Waals surface area contributed by atoms with E-state index >= 15 is 0 Å². The summed E-state index contributed by atoms with van der Waals surface area (Å²) in [5, 5.41) is 21.3. The van der Waals surface area contributed by atoms with Crippen molar-refractivity contribution >= 4 is 17.9 Å². The molecule has 0 saturated carbocycles. The second-order valence-electron chi connectivity index (χ2n) is 7.55. The molecule has 3 N–H and O–H groups in total. The molecule has 1 saturated heterocycles. The molecule has 1 aliphatic heterocycles. The molecular weight excluding hydrogens is 352 g/mol. The lowest BCUT2D eigenvalue weighted by atomic mass is 10.0. The lowest BCUT2D eigenvalue weighted by Gasteiger charge is -2.37. The summed E-state index contributed by atoms with van der Waals surface area (Å²) < 4.78 is 11.0. The maximum Gasteiger partial charge on any atom is 0.412 e. The van der Waals surface area contributed by atoms with Crippen molar-refractivity contribution in [3.8, 4) is 0 Å². The molecule has 2 amide bonds. The van der Waals surface area contributed by atoms with Crippen LogP contribution in [0.15, 0.2) is 24.3 Å². The van der Waals surface area contributed by atoms with E-state index in [2.05, 4.69) is 5.32 Å². The van der Waals surface area contributed by atoms with Crippen LogP contribution in [0.1, 0.15) is 32.8 Å². The Bertz CT molecular complexity index is 658. The zero-order valence-electron chi connectivity index (χ0n) is 16.0. The first-order valence-electron chi connectivity index (χ1n) is 8.99. The average Bonchev–Trinajstić information content (AvgIpc) is 2.59. The minimum atomic E-state index is -1.06. The van der Waals surface area contributed by atoms with Crippen LogP contribution in [0.2, 0.25) is 0 Å². The number of benzene rings is 1. The molecule has 0 bridgehead atoms. The van der Waals surface area contributed by atoms with Crippen molar-refractivity contribution in [1.29, 1.82) is 0 Å². The van der Waals surface area contributed by atoms with Crippen LogP contribution in [0, 0.1) is 0 Å². The lowest BCUT2D eigenvalue weighted by molar-refractivity contribution is -0.0685. The molecule has 0 spiro atoms. The van der Waals surface area contributed by atoms with Gasteiger partial charge in [0.2, 0.25) is 0 Å². The Morgan fingerprint density at radius 2 is 2.04 bits per heavy atom. The fourth-order valence-corrected chi connectivity index (χ4v) is 2.91. The molecule has 1 aliphatic rings. The predicted molar refractivity (Wildman–Crippen MR) is 100.0 cm³/mol. The van der Waals surface area contributed by atoms with Gasteiger partial charge in [-0.1, -0.05) is 18.2 Å². The lowest BCUT2D eigenvalue weighted by Crippen LogP contribution is -2.53. The molecule has 27 heavy (non-hydrogen) atoms. The highest BCUT2D eigenvalue weighted by Gasteiger charge is 2.31. The summed E-state index contributed by atoms with van der Waals surface area (Å²) >= 11 is 0. The average molecular weight is 380 g/mol. The molecule has 1 aromatic carbocycles. The Balaban J connectivity index is 1.96. The van der Waals surface area contributed by atoms with Gasteiger partial charge in [0.05, 0.1) is 31.9 Å². The maximum atomic E-state index is 12.0. The van der Waals surface area contributed by atoms with Gasteiger partial charge in [-0.3, -0.25) is 10.2 Å². The fourth-order valence-electron chi connectivity index (χ4n) is 2.91. The molecule has 1 fully saturated rings. The van der Waals surface area contributed by atoms with Crippen molar-refractivity contribution < 1.29 is 29.3 Å². The zero-order valence-corrected chi connectivity index (χ0v) is 16.0. The Hall–Kier alpha value is -2.32. The minimum Gasteiger partial charge on any atom is -0.465 e. The molecule has 8 nitrogen and oxygen atoms in total. The van der Waals surface area contributed by atoms with Gasteiger partial charge in [0.25, 0.3) is 0 Å². The number of hydrogen-bond donors (Lipinski definition) is 3. The van der Waals surface area contributed by atoms with Gasteiger partial charge >= 0.3 is 12.2 Å². The third-order valence-corrected chi connectivity index (χ3v) is 4.21. The van der Waals surface area contributed by atoms with Gasteiger partial charge in [0, 0.05) is 5.69 Å². The predicted octanol–water partition coefficient (Wildman–Crippen LogP) is 2.71. The van der Waals surface area contributed by atoms with Crippen LogP contribution in [0.25, 0.3) is 0 Å². The first kappa shape index (κ1) is 21.0. The molecule has 0 aliphatic carbocycles. The summed E-state index contributed by atoms with van der Waals surface area (Å²) in [6.07, 6.45) is -0.650. The summed E-state index contributed by atoms with van der Waals surface area (Å²) in [4.78, 5) is 24.6. The zero-order chi connectivity index (χ0) is 20.0. The van der Waals surface area contributed by atoms with Crippen molar-refractivity contribution in [3.63, 3.8) is 0 Å². The highest BCUT2D eigenvalue weighted by atomic mass is 16.6. The van der Waals surface area contributed by atoms with E-state index in [-0.39, 0.29) is 25.9 Å². The SMILES string of the molecule is CC(C)(C)OC(=O)Nc1ccccc1CC[C@@H]1CN(C(=O)O)[C@H](CO)CO1. The van der Waals surface area contributed by atoms with Gasteiger partial charge < -0.3 is 19.7 Å². The molecule has 0 radical (unpaired) electrons. The smallest absolute Gasteiger partial charge is 0.412 e. The third-order valence-electron chi connectivity index (χ3n) is 4.21. The standard InChI is InChI=1S/C19H28N2O6/c1-19(2,3)27-17(23)20-16-7-5-4-6-13(16)8-9-15-10-21(18(24)25)14(11-22)12-26-15/h4-7,14-15,22H,8-12H2,1-3H3,(H,20,23)(H,24,25)/t14-,15-/m1/s1. The number of hydrogen-bond acceptors (Lipinski definition) is 5. The largest absolute Gasteiger partial charge is 0.465 e. The van der Waals surface area contributed by atoms with E-state index in [9.17, 15) is 19.8 Å². The quantitative estimate of drug-likeness (QED) is 0.725. The number of rotatable bonds is 5. The van der Waals surface area contributed by atoms with Crippen molar-refractivity contribution in [2.45, 2.75) is 51.4 Å². The Morgan fingerprint density at radius 3 is 2.67 bits per heavy atom. The normalized spacial score (nSPS) is 20.2. The van der Waals surface area contributed by atoms with Crippen LogP contribution in [0.4, 0.5) is 15.3 Å². The van der Waals surface area contributed by atoms with Crippen molar-refractivity contribution in [3.05, 3.63) is 29.8 Å². The van der Waals surface area contributed by atoms with Gasteiger partial charge in [0.1, 0.15) is 5.60 Å². The number of nitrogens with one attached hydrogen (secondary N) is 1. The summed E-state index contributed by atoms with van der Waals surface area (Å²) in [5.41, 5.74) is 0.988. The number of carbonyl (C=O) groups excluding carboxylic acids is 1. The van der Waals surface area contributed by atoms with Gasteiger partial charge in [-0.15, -0.1) is 0 Å². The molecule has 1 heterocycles. The number of carboxylic acid groups (broad SMARTS) is 1. The minimum absolute atomic E-state index is 0.172. The van der Waals surface area contributed by atoms with Gasteiger partial charge in [-0.05, 0) is 45.2 Å². The topological polar surface area (TPSA) is 108 Å². The number of ether oxygens (including phenoxy) is 2. The second kappa shape index (κ2) is 9.05. The molecule has 2 rings (SSSR count). The monoisotopic (exact) mass is 380 g/mol. The Morgan fingerprint density at radius 1 is 1.33 bits per heavy atom. The molecule has 2 atom stereocenters. The van der Waals surface area contributed by atoms with E-state index in [1.54, 1.807) is 26.8 Å². The van der Waals surface area contributed by atoms with Gasteiger partial charge in [-0.2, -0.15) is 0 Å². The first-order chi connectivity index (χ1) is 12.7. The van der Waals surface area contributed by atoms with Crippen molar-refractivity contribution in [1.82, 2.24) is 4.90 Å². The van der Waals surface area contributed by atoms with Crippen LogP contribution >= 0.6 is 0 Å². The van der Waals surface area contributed by atoms with Gasteiger partial charge in [-0.25, -0.2) is 9.59 Å². The molecule has 8 heteroatoms. The molecule has 150 valence electrons. The first-order valence-corrected chi connectivity index (χ1v) is 8.99. The highest BCUT2D eigenvalue weighted by molar-refractivity contribution is 5.85. The van der Waals surface area contributed by atoms with Crippen LogP contribution in [-0.4, -0.2) is 64.8 Å². The number of aryl methyl sites for hydroxylation is 1. The number of aliphatic hydroxyl groups excluding tert-OH is 1. The number of morpholine rings is 1. The Labute approximate surface area is 159 Å². The van der Waals surface area contributed by atoms with E-state index in [0.717, 1.165) is 5.56 Å². The van der Waals surface area contributed by atoms with E-state index in [1.165, 1.54) is 4.90 Å². The van der Waals surface area contributed by atoms with Gasteiger partial charge in [0.15, 0.2) is 0 Å². The second-order valence-corrected chi connectivity index (χ2v) is 7.55. The van der Waals surface area contributed by atoms with E-state index in [0.29, 0.717) is 18.5 Å². The summed E-state index contributed by atoms with van der Waals surface area (Å²) in [5.74, 6) is 0. The number of nitrogens with zero attached hydrogens (tertiary/aromatic N) is 1. The van der Waals surface area contributed by atoms with Crippen molar-refractivity contribution in [2.75, 3.05) is 25.1 Å². The van der Waals surface area contributed by atoms with E-state index in [1.807, 2.05) is 18.2 Å². The van der Waals surface area contributed by atoms with Crippen LogP contribution in [-0.2, 0) is 15.9 Å². The van der Waals surface area contributed by atoms with E-state index < -0.39 is 23.8 Å². The summed E-state index contributed by atoms with van der Waals surface area (Å²) in [7, 11) is 0. The molecule has 1 aromatic rings. The summed E-state index contributed by atoms with van der Waals surface area (Å²) in [6, 6.07) is 6.88. The fraction of sp³-hybridized carbons (Fsp3) is 0.579. The molecular formula is C19H28N2O6. The number of anilines is 1. The number of para-hydroxylation sites is 1. The number of carbonyl (C=O) groups is 2. The number of amides is 2. The Kier molecular flexibility index (Phi) is 7.04. The van der Waals surface area contributed by atoms with Crippen molar-refractivity contribution in [2.24, 2.45) is 0 Å². The maximum absolute atomic E-state index is 12.0. The summed E-state index contributed by atoms with van der Waals surface area (Å²) in [6.45, 7) is 5.52. The number of aliphatic hydroxyl groups is 1. The van der Waals surface area contributed by atoms with Crippen LogP contribution in [0.3, 0.4) is 0 Å². The highest BCUT2D eigenvalue weighted by Crippen LogP contribution is 2.22. The van der Waals surface area contributed by atoms with Crippen LogP contribution < -0.4 is 5.32 Å². The molecule has 0 aromatic heterocycles. The molecule has 0 unspecified atom stereocenters. The third kappa shape index (κ3) is 6.41. The van der Waals surface area contributed by atoms with E-state index in [4.69, 9.17) is 9.47 Å². The van der Waals surface area contributed by atoms with Crippen LogP contribution in [0.5, 0.6) is 0 Å².